The molecule has 1 heterocycles. The van der Waals surface area contributed by atoms with Gasteiger partial charge >= 0.3 is 6.18 Å². The molecule has 0 spiro atoms. The zero-order valence-electron chi connectivity index (χ0n) is 20.3. The van der Waals surface area contributed by atoms with Crippen molar-refractivity contribution >= 4 is 45.4 Å². The van der Waals surface area contributed by atoms with Crippen LogP contribution < -0.4 is 14.6 Å². The van der Waals surface area contributed by atoms with Gasteiger partial charge in [-0.2, -0.15) is 26.7 Å². The first kappa shape index (κ1) is 28.9. The van der Waals surface area contributed by atoms with Crippen molar-refractivity contribution in [2.45, 2.75) is 17.0 Å². The van der Waals surface area contributed by atoms with Crippen LogP contribution in [0.4, 0.5) is 13.2 Å². The van der Waals surface area contributed by atoms with E-state index in [2.05, 4.69) is 14.4 Å². The first-order valence-electron chi connectivity index (χ1n) is 11.6. The van der Waals surface area contributed by atoms with Gasteiger partial charge in [0.05, 0.1) is 24.4 Å². The largest absolute Gasteiger partial charge is 0.416 e. The van der Waals surface area contributed by atoms with E-state index in [-0.39, 0.29) is 19.0 Å². The van der Waals surface area contributed by atoms with Gasteiger partial charge in [-0.25, -0.2) is 19.9 Å². The maximum atomic E-state index is 12.9. The Morgan fingerprint density at radius 2 is 1.74 bits per heavy atom. The van der Waals surface area contributed by atoms with Gasteiger partial charge in [-0.1, -0.05) is 54.1 Å². The van der Waals surface area contributed by atoms with Crippen molar-refractivity contribution in [2.75, 3.05) is 19.6 Å². The van der Waals surface area contributed by atoms with Crippen LogP contribution in [0.1, 0.15) is 22.6 Å². The van der Waals surface area contributed by atoms with Crippen LogP contribution in [0.15, 0.2) is 93.9 Å². The van der Waals surface area contributed by atoms with Crippen LogP contribution in [0.25, 0.3) is 0 Å². The summed E-state index contributed by atoms with van der Waals surface area (Å²) in [6.45, 7) is 0.382. The maximum absolute atomic E-state index is 12.9. The Labute approximate surface area is 233 Å². The van der Waals surface area contributed by atoms with E-state index in [1.54, 1.807) is 17.1 Å². The van der Waals surface area contributed by atoms with Gasteiger partial charge in [-0.15, -0.1) is 0 Å². The molecule has 0 saturated carbocycles. The van der Waals surface area contributed by atoms with Gasteiger partial charge in [0.15, 0.2) is 0 Å². The molecule has 3 aromatic carbocycles. The minimum atomic E-state index is -4.44. The molecule has 1 unspecified atom stereocenters. The number of halogens is 4. The van der Waals surface area contributed by atoms with E-state index in [1.165, 1.54) is 12.1 Å². The number of nitrogens with two attached hydrogens (primary N) is 1. The number of alkyl halides is 3. The van der Waals surface area contributed by atoms with Crippen LogP contribution in [0.5, 0.6) is 0 Å². The molecule has 1 aliphatic rings. The van der Waals surface area contributed by atoms with Crippen LogP contribution in [0.2, 0.25) is 5.02 Å². The van der Waals surface area contributed by atoms with Crippen molar-refractivity contribution in [3.63, 3.8) is 0 Å². The summed E-state index contributed by atoms with van der Waals surface area (Å²) in [4.78, 5) is 4.98. The number of benzene rings is 3. The minimum absolute atomic E-state index is 0.0324. The Hall–Kier alpha value is -3.10. The number of nitrogens with zero attached hydrogens (tertiary/aromatic N) is 3. The molecule has 0 aliphatic carbocycles. The summed E-state index contributed by atoms with van der Waals surface area (Å²) >= 11 is 7.14. The zero-order chi connectivity index (χ0) is 28.0. The number of aliphatic imine (C=N–C) groups is 1. The molecule has 0 bridgehead atoms. The second-order valence-electron chi connectivity index (χ2n) is 8.41. The third-order valence-corrected chi connectivity index (χ3v) is 7.27. The lowest BCUT2D eigenvalue weighted by Gasteiger charge is -2.19. The fourth-order valence-electron chi connectivity index (χ4n) is 3.79. The van der Waals surface area contributed by atoms with E-state index < -0.39 is 21.9 Å². The molecule has 3 aromatic rings. The topological polar surface area (TPSA) is 112 Å². The number of guanidine groups is 1. The lowest BCUT2D eigenvalue weighted by molar-refractivity contribution is -0.137. The molecule has 0 aromatic heterocycles. The first-order valence-corrected chi connectivity index (χ1v) is 14.3. The number of hydrogen-bond donors (Lipinski definition) is 3. The van der Waals surface area contributed by atoms with E-state index >= 15 is 0 Å². The van der Waals surface area contributed by atoms with Gasteiger partial charge in [0.25, 0.3) is 10.2 Å². The van der Waals surface area contributed by atoms with Crippen molar-refractivity contribution in [2.24, 2.45) is 15.2 Å². The summed E-state index contributed by atoms with van der Waals surface area (Å²) in [5, 5.41) is 12.1. The highest BCUT2D eigenvalue weighted by Crippen LogP contribution is 2.32. The first-order chi connectivity index (χ1) is 18.5. The summed E-state index contributed by atoms with van der Waals surface area (Å²) in [5.74, 6) is 0.166. The van der Waals surface area contributed by atoms with E-state index in [1.807, 2.05) is 42.5 Å². The molecular weight excluding hydrogens is 573 g/mol. The summed E-state index contributed by atoms with van der Waals surface area (Å²) in [6.07, 6.45) is -4.44. The molecule has 8 nitrogen and oxygen atoms in total. The molecule has 0 amide bonds. The van der Waals surface area contributed by atoms with Gasteiger partial charge in [-0.05, 0) is 59.5 Å². The highest BCUT2D eigenvalue weighted by molar-refractivity contribution is 7.98. The SMILES string of the molecule is NS(=O)(=O)NCCN=C(NSc1ccc(C(F)(F)F)cc1)N1CC(c2ccccc2)C(c2ccc(Cl)cc2)=N1. The molecule has 39 heavy (non-hydrogen) atoms. The van der Waals surface area contributed by atoms with Gasteiger partial charge in [0.1, 0.15) is 0 Å². The van der Waals surface area contributed by atoms with Crippen LogP contribution in [0, 0.1) is 0 Å². The summed E-state index contributed by atoms with van der Waals surface area (Å²) in [6, 6.07) is 21.8. The molecular formula is C25H24ClF3N6O2S2. The van der Waals surface area contributed by atoms with Crippen LogP contribution in [-0.2, 0) is 16.4 Å². The molecule has 0 fully saturated rings. The Bertz CT molecular complexity index is 1440. The second-order valence-corrected chi connectivity index (χ2v) is 11.1. The molecule has 1 aliphatic heterocycles. The van der Waals surface area contributed by atoms with E-state index in [0.717, 1.165) is 40.9 Å². The average molecular weight is 597 g/mol. The standard InChI is InChI=1S/C25H24ClF3N6O2S2/c26-20-10-6-18(7-11-20)23-22(17-4-2-1-3-5-17)16-35(33-23)24(31-14-15-32-39(30,36)37)34-38-21-12-8-19(9-13-21)25(27,28)29/h1-13,22,32H,14-16H2,(H,31,34)(H2,30,36,37). The van der Waals surface area contributed by atoms with Crippen molar-refractivity contribution < 1.29 is 21.6 Å². The summed E-state index contributed by atoms with van der Waals surface area (Å²) in [5.41, 5.74) is 1.91. The monoisotopic (exact) mass is 596 g/mol. The maximum Gasteiger partial charge on any atom is 0.416 e. The number of rotatable bonds is 8. The third-order valence-electron chi connectivity index (χ3n) is 5.62. The second kappa shape index (κ2) is 12.4. The smallest absolute Gasteiger partial charge is 0.295 e. The van der Waals surface area contributed by atoms with Crippen molar-refractivity contribution in [3.8, 4) is 0 Å². The van der Waals surface area contributed by atoms with Crippen molar-refractivity contribution in [1.82, 2.24) is 14.5 Å². The Kier molecular flexibility index (Phi) is 9.18. The normalized spacial score (nSPS) is 16.3. The van der Waals surface area contributed by atoms with Gasteiger partial charge in [0, 0.05) is 22.4 Å². The van der Waals surface area contributed by atoms with E-state index in [9.17, 15) is 21.6 Å². The predicted molar refractivity (Wildman–Crippen MR) is 148 cm³/mol. The van der Waals surface area contributed by atoms with Crippen LogP contribution >= 0.6 is 23.5 Å². The number of hydrazone groups is 1. The van der Waals surface area contributed by atoms with Gasteiger partial charge < -0.3 is 0 Å². The molecule has 206 valence electrons. The Morgan fingerprint density at radius 3 is 2.36 bits per heavy atom. The highest BCUT2D eigenvalue weighted by atomic mass is 35.5. The molecule has 1 atom stereocenters. The number of nitrogens with one attached hydrogen (secondary N) is 2. The highest BCUT2D eigenvalue weighted by Gasteiger charge is 2.32. The Morgan fingerprint density at radius 1 is 1.08 bits per heavy atom. The summed E-state index contributed by atoms with van der Waals surface area (Å²) in [7, 11) is -3.89. The zero-order valence-corrected chi connectivity index (χ0v) is 22.7. The molecule has 0 radical (unpaired) electrons. The molecule has 4 rings (SSSR count). The lowest BCUT2D eigenvalue weighted by Crippen LogP contribution is -2.36. The van der Waals surface area contributed by atoms with Gasteiger partial charge in [0.2, 0.25) is 5.96 Å². The quantitative estimate of drug-likeness (QED) is 0.152. The molecule has 4 N–H and O–H groups in total. The van der Waals surface area contributed by atoms with Crippen molar-refractivity contribution in [3.05, 3.63) is 101 Å². The molecule has 0 saturated heterocycles. The van der Waals surface area contributed by atoms with E-state index in [0.29, 0.717) is 22.4 Å². The van der Waals surface area contributed by atoms with Crippen LogP contribution in [0.3, 0.4) is 0 Å². The molecule has 14 heteroatoms. The fraction of sp³-hybridized carbons (Fsp3) is 0.200. The predicted octanol–water partition coefficient (Wildman–Crippen LogP) is 4.61. The average Bonchev–Trinajstić information content (AvgIpc) is 3.33. The van der Waals surface area contributed by atoms with Crippen molar-refractivity contribution in [1.29, 1.82) is 0 Å². The number of hydrogen-bond acceptors (Lipinski definition) is 5. The minimum Gasteiger partial charge on any atom is -0.295 e. The fourth-order valence-corrected chi connectivity index (χ4v) is 4.95. The van der Waals surface area contributed by atoms with Crippen LogP contribution in [-0.4, -0.2) is 44.7 Å². The lowest BCUT2D eigenvalue weighted by atomic mass is 9.91. The third kappa shape index (κ3) is 8.19. The Balaban J connectivity index is 1.61. The summed E-state index contributed by atoms with van der Waals surface area (Å²) < 4.78 is 66.5. The van der Waals surface area contributed by atoms with Gasteiger partial charge in [-0.3, -0.25) is 4.72 Å². The van der Waals surface area contributed by atoms with E-state index in [4.69, 9.17) is 21.8 Å².